The molecule has 0 spiro atoms. The molecule has 0 unspecified atom stereocenters. The monoisotopic (exact) mass is 189 g/mol. The standard InChI is InChI=1S/C11H15N3/c1-2-8-13-11(12)14-9-10-6-4-3-5-7-10/h2-7H,1,8-9H2,(H3,12,13,14). The first kappa shape index (κ1) is 10.3. The summed E-state index contributed by atoms with van der Waals surface area (Å²) in [6.45, 7) is 4.85. The van der Waals surface area contributed by atoms with Crippen LogP contribution in [0.4, 0.5) is 0 Å². The molecular formula is C11H15N3. The molecule has 0 radical (unpaired) electrons. The topological polar surface area (TPSA) is 47.9 Å². The molecule has 74 valence electrons. The molecule has 0 aliphatic rings. The summed E-state index contributed by atoms with van der Waals surface area (Å²) in [5, 5.41) is 13.3. The van der Waals surface area contributed by atoms with Gasteiger partial charge >= 0.3 is 0 Å². The zero-order valence-electron chi connectivity index (χ0n) is 8.09. The summed E-state index contributed by atoms with van der Waals surface area (Å²) in [5.74, 6) is 0.328. The molecule has 0 heterocycles. The quantitative estimate of drug-likeness (QED) is 0.382. The number of guanidine groups is 1. The molecule has 3 nitrogen and oxygen atoms in total. The van der Waals surface area contributed by atoms with Gasteiger partial charge in [0, 0.05) is 13.1 Å². The molecule has 0 amide bonds. The van der Waals surface area contributed by atoms with E-state index in [1.54, 1.807) is 6.08 Å². The van der Waals surface area contributed by atoms with Gasteiger partial charge in [0.2, 0.25) is 0 Å². The van der Waals surface area contributed by atoms with Gasteiger partial charge in [0.05, 0.1) is 0 Å². The average Bonchev–Trinajstić information content (AvgIpc) is 2.25. The van der Waals surface area contributed by atoms with E-state index >= 15 is 0 Å². The fourth-order valence-electron chi connectivity index (χ4n) is 1.02. The van der Waals surface area contributed by atoms with Gasteiger partial charge in [-0.05, 0) is 5.56 Å². The van der Waals surface area contributed by atoms with E-state index in [0.717, 1.165) is 5.56 Å². The minimum absolute atomic E-state index is 0.328. The van der Waals surface area contributed by atoms with Crippen LogP contribution in [0, 0.1) is 5.41 Å². The first-order valence-corrected chi connectivity index (χ1v) is 4.54. The maximum absolute atomic E-state index is 7.47. The van der Waals surface area contributed by atoms with E-state index in [4.69, 9.17) is 5.41 Å². The molecular weight excluding hydrogens is 174 g/mol. The number of rotatable bonds is 4. The Bertz CT molecular complexity index is 293. The Hall–Kier alpha value is -1.77. The zero-order chi connectivity index (χ0) is 10.2. The summed E-state index contributed by atoms with van der Waals surface area (Å²) in [7, 11) is 0. The normalized spacial score (nSPS) is 9.14. The summed E-state index contributed by atoms with van der Waals surface area (Å²) < 4.78 is 0. The molecule has 0 atom stereocenters. The zero-order valence-corrected chi connectivity index (χ0v) is 8.09. The lowest BCUT2D eigenvalue weighted by atomic mass is 10.2. The van der Waals surface area contributed by atoms with Crippen molar-refractivity contribution in [2.75, 3.05) is 6.54 Å². The van der Waals surface area contributed by atoms with Crippen LogP contribution in [0.3, 0.4) is 0 Å². The average molecular weight is 189 g/mol. The summed E-state index contributed by atoms with van der Waals surface area (Å²) in [6, 6.07) is 9.99. The van der Waals surface area contributed by atoms with E-state index in [9.17, 15) is 0 Å². The van der Waals surface area contributed by atoms with Crippen molar-refractivity contribution < 1.29 is 0 Å². The first-order valence-electron chi connectivity index (χ1n) is 4.54. The van der Waals surface area contributed by atoms with E-state index in [2.05, 4.69) is 17.2 Å². The van der Waals surface area contributed by atoms with E-state index in [-0.39, 0.29) is 0 Å². The Balaban J connectivity index is 2.27. The Morgan fingerprint density at radius 3 is 2.64 bits per heavy atom. The molecule has 3 N–H and O–H groups in total. The van der Waals surface area contributed by atoms with Crippen molar-refractivity contribution in [2.45, 2.75) is 6.54 Å². The number of hydrogen-bond acceptors (Lipinski definition) is 1. The van der Waals surface area contributed by atoms with Crippen molar-refractivity contribution in [3.05, 3.63) is 48.6 Å². The largest absolute Gasteiger partial charge is 0.353 e. The lowest BCUT2D eigenvalue weighted by Crippen LogP contribution is -2.35. The third-order valence-electron chi connectivity index (χ3n) is 1.74. The van der Waals surface area contributed by atoms with E-state index in [1.807, 2.05) is 30.3 Å². The summed E-state index contributed by atoms with van der Waals surface area (Å²) in [5.41, 5.74) is 1.16. The van der Waals surface area contributed by atoms with Gasteiger partial charge in [-0.15, -0.1) is 6.58 Å². The molecule has 0 saturated carbocycles. The number of nitrogens with one attached hydrogen (secondary N) is 3. The van der Waals surface area contributed by atoms with Crippen LogP contribution < -0.4 is 10.6 Å². The van der Waals surface area contributed by atoms with Crippen molar-refractivity contribution >= 4 is 5.96 Å². The lowest BCUT2D eigenvalue weighted by Gasteiger charge is -2.08. The number of benzene rings is 1. The van der Waals surface area contributed by atoms with Crippen LogP contribution in [-0.4, -0.2) is 12.5 Å². The van der Waals surface area contributed by atoms with Crippen molar-refractivity contribution in [3.8, 4) is 0 Å². The van der Waals surface area contributed by atoms with Gasteiger partial charge in [0.25, 0.3) is 0 Å². The third kappa shape index (κ3) is 3.76. The smallest absolute Gasteiger partial charge is 0.188 e. The van der Waals surface area contributed by atoms with E-state index < -0.39 is 0 Å². The first-order chi connectivity index (χ1) is 6.83. The molecule has 1 aromatic carbocycles. The van der Waals surface area contributed by atoms with Crippen molar-refractivity contribution in [1.82, 2.24) is 10.6 Å². The molecule has 0 saturated heterocycles. The molecule has 1 rings (SSSR count). The van der Waals surface area contributed by atoms with Gasteiger partial charge in [0.15, 0.2) is 5.96 Å². The molecule has 0 aliphatic heterocycles. The van der Waals surface area contributed by atoms with Gasteiger partial charge in [-0.2, -0.15) is 0 Å². The van der Waals surface area contributed by atoms with Gasteiger partial charge in [0.1, 0.15) is 0 Å². The fraction of sp³-hybridized carbons (Fsp3) is 0.182. The van der Waals surface area contributed by atoms with E-state index in [1.165, 1.54) is 0 Å². The minimum atomic E-state index is 0.328. The third-order valence-corrected chi connectivity index (χ3v) is 1.74. The molecule has 0 aliphatic carbocycles. The highest BCUT2D eigenvalue weighted by Crippen LogP contribution is 1.96. The predicted molar refractivity (Wildman–Crippen MR) is 59.2 cm³/mol. The lowest BCUT2D eigenvalue weighted by molar-refractivity contribution is 0.842. The van der Waals surface area contributed by atoms with Crippen LogP contribution in [0.2, 0.25) is 0 Å². The highest BCUT2D eigenvalue weighted by Gasteiger charge is 1.93. The molecule has 0 fully saturated rings. The Morgan fingerprint density at radius 1 is 1.29 bits per heavy atom. The minimum Gasteiger partial charge on any atom is -0.353 e. The fourth-order valence-corrected chi connectivity index (χ4v) is 1.02. The van der Waals surface area contributed by atoms with Crippen molar-refractivity contribution in [2.24, 2.45) is 0 Å². The van der Waals surface area contributed by atoms with Gasteiger partial charge in [-0.25, -0.2) is 0 Å². The Labute approximate surface area is 84.4 Å². The van der Waals surface area contributed by atoms with Crippen LogP contribution in [0.25, 0.3) is 0 Å². The maximum Gasteiger partial charge on any atom is 0.188 e. The summed E-state index contributed by atoms with van der Waals surface area (Å²) >= 11 is 0. The van der Waals surface area contributed by atoms with Crippen LogP contribution in [0.1, 0.15) is 5.56 Å². The van der Waals surface area contributed by atoms with Gasteiger partial charge in [-0.1, -0.05) is 36.4 Å². The predicted octanol–water partition coefficient (Wildman–Crippen LogP) is 1.49. The molecule has 0 bridgehead atoms. The summed E-state index contributed by atoms with van der Waals surface area (Å²) in [6.07, 6.45) is 1.72. The van der Waals surface area contributed by atoms with E-state index in [0.29, 0.717) is 19.0 Å². The second-order valence-corrected chi connectivity index (χ2v) is 2.88. The Morgan fingerprint density at radius 2 is 2.00 bits per heavy atom. The molecule has 0 aromatic heterocycles. The van der Waals surface area contributed by atoms with Crippen LogP contribution >= 0.6 is 0 Å². The highest BCUT2D eigenvalue weighted by molar-refractivity contribution is 5.76. The molecule has 14 heavy (non-hydrogen) atoms. The van der Waals surface area contributed by atoms with Gasteiger partial charge in [-0.3, -0.25) is 5.41 Å². The SMILES string of the molecule is C=CCNC(=N)NCc1ccccc1. The second-order valence-electron chi connectivity index (χ2n) is 2.88. The van der Waals surface area contributed by atoms with Crippen LogP contribution in [0.15, 0.2) is 43.0 Å². The highest BCUT2D eigenvalue weighted by atomic mass is 15.1. The van der Waals surface area contributed by atoms with Crippen molar-refractivity contribution in [3.63, 3.8) is 0 Å². The van der Waals surface area contributed by atoms with Crippen LogP contribution in [-0.2, 0) is 6.54 Å². The molecule has 3 heteroatoms. The maximum atomic E-state index is 7.47. The van der Waals surface area contributed by atoms with Crippen LogP contribution in [0.5, 0.6) is 0 Å². The van der Waals surface area contributed by atoms with Gasteiger partial charge < -0.3 is 10.6 Å². The molecule has 1 aromatic rings. The summed E-state index contributed by atoms with van der Waals surface area (Å²) in [4.78, 5) is 0. The second kappa shape index (κ2) is 5.80. The number of hydrogen-bond donors (Lipinski definition) is 3. The van der Waals surface area contributed by atoms with Crippen molar-refractivity contribution in [1.29, 1.82) is 5.41 Å². The Kier molecular flexibility index (Phi) is 4.27.